The largest absolute Gasteiger partial charge is 0.417 e. The fraction of sp³-hybridized carbons (Fsp3) is 0.136. The Bertz CT molecular complexity index is 1290. The third kappa shape index (κ3) is 6.01. The van der Waals surface area contributed by atoms with E-state index < -0.39 is 27.8 Å². The van der Waals surface area contributed by atoms with Gasteiger partial charge in [0.15, 0.2) is 0 Å². The van der Waals surface area contributed by atoms with Crippen LogP contribution in [0.15, 0.2) is 65.6 Å². The van der Waals surface area contributed by atoms with Crippen LogP contribution in [0.2, 0.25) is 10.0 Å². The minimum Gasteiger partial charge on any atom is -0.334 e. The monoisotopic (exact) mass is 531 g/mol. The van der Waals surface area contributed by atoms with Crippen LogP contribution in [0.1, 0.15) is 11.1 Å². The number of alkyl halides is 3. The molecule has 0 bridgehead atoms. The third-order valence-electron chi connectivity index (χ3n) is 4.76. The lowest BCUT2D eigenvalue weighted by atomic mass is 9.99. The summed E-state index contributed by atoms with van der Waals surface area (Å²) in [6, 6.07) is 12.8. The third-order valence-corrected chi connectivity index (χ3v) is 6.78. The van der Waals surface area contributed by atoms with Crippen molar-refractivity contribution >= 4 is 44.9 Å². The van der Waals surface area contributed by atoms with Gasteiger partial charge < -0.3 is 10.6 Å². The summed E-state index contributed by atoms with van der Waals surface area (Å²) in [6.07, 6.45) is -4.60. The highest BCUT2D eigenvalue weighted by atomic mass is 35.5. The maximum absolute atomic E-state index is 13.4. The normalized spacial score (nSPS) is 11.8. The van der Waals surface area contributed by atoms with E-state index in [1.165, 1.54) is 49.5 Å². The second kappa shape index (κ2) is 10.2. The van der Waals surface area contributed by atoms with Gasteiger partial charge in [0.1, 0.15) is 0 Å². The molecule has 0 aromatic heterocycles. The van der Waals surface area contributed by atoms with Gasteiger partial charge in [0.25, 0.3) is 0 Å². The average Bonchev–Trinajstić information content (AvgIpc) is 2.77. The predicted octanol–water partition coefficient (Wildman–Crippen LogP) is 5.91. The lowest BCUT2D eigenvalue weighted by molar-refractivity contribution is -0.137. The molecule has 0 aliphatic heterocycles. The van der Waals surface area contributed by atoms with Crippen LogP contribution in [-0.4, -0.2) is 21.5 Å². The molecule has 180 valence electrons. The fourth-order valence-electron chi connectivity index (χ4n) is 3.11. The Kier molecular flexibility index (Phi) is 7.77. The molecule has 0 spiro atoms. The number of hydrogen-bond acceptors (Lipinski definition) is 3. The molecule has 3 aromatic carbocycles. The SMILES string of the molecule is CNS(=O)(=O)c1ccc(CNC(=O)Nc2cc(Cl)c(-c3ccccc3C(F)(F)F)c(Cl)c2)cc1. The number of urea groups is 1. The highest BCUT2D eigenvalue weighted by Gasteiger charge is 2.34. The van der Waals surface area contributed by atoms with Crippen LogP contribution in [-0.2, 0) is 22.7 Å². The smallest absolute Gasteiger partial charge is 0.334 e. The molecule has 2 amide bonds. The molecular formula is C22H18Cl2F3N3O3S. The van der Waals surface area contributed by atoms with Gasteiger partial charge in [-0.05, 0) is 48.5 Å². The van der Waals surface area contributed by atoms with E-state index in [4.69, 9.17) is 23.2 Å². The molecule has 0 radical (unpaired) electrons. The molecule has 0 fully saturated rings. The standard InChI is InChI=1S/C22H18Cl2F3N3O3S/c1-28-34(32,33)15-8-6-13(7-9-15)12-29-21(31)30-14-10-18(23)20(19(24)11-14)16-4-2-3-5-17(16)22(25,26)27/h2-11,28H,12H2,1H3,(H2,29,30,31). The molecule has 3 N–H and O–H groups in total. The van der Waals surface area contributed by atoms with E-state index in [2.05, 4.69) is 15.4 Å². The maximum Gasteiger partial charge on any atom is 0.417 e. The Balaban J connectivity index is 1.72. The van der Waals surface area contributed by atoms with Gasteiger partial charge in [-0.2, -0.15) is 13.2 Å². The first-order chi connectivity index (χ1) is 15.9. The Hall–Kier alpha value is -2.79. The summed E-state index contributed by atoms with van der Waals surface area (Å²) >= 11 is 12.5. The number of rotatable bonds is 6. The summed E-state index contributed by atoms with van der Waals surface area (Å²) in [7, 11) is -2.27. The first-order valence-electron chi connectivity index (χ1n) is 9.65. The molecule has 34 heavy (non-hydrogen) atoms. The van der Waals surface area contributed by atoms with Crippen LogP contribution in [0, 0.1) is 0 Å². The lowest BCUT2D eigenvalue weighted by Gasteiger charge is -2.16. The summed E-state index contributed by atoms with van der Waals surface area (Å²) in [5.41, 5.74) is -0.245. The van der Waals surface area contributed by atoms with Crippen molar-refractivity contribution in [3.05, 3.63) is 81.8 Å². The lowest BCUT2D eigenvalue weighted by Crippen LogP contribution is -2.28. The van der Waals surface area contributed by atoms with E-state index in [1.54, 1.807) is 12.1 Å². The van der Waals surface area contributed by atoms with Crippen LogP contribution in [0.3, 0.4) is 0 Å². The van der Waals surface area contributed by atoms with Crippen molar-refractivity contribution in [1.82, 2.24) is 10.0 Å². The van der Waals surface area contributed by atoms with Crippen LogP contribution >= 0.6 is 23.2 Å². The van der Waals surface area contributed by atoms with Crippen molar-refractivity contribution in [2.75, 3.05) is 12.4 Å². The zero-order chi connectivity index (χ0) is 25.1. The minimum atomic E-state index is -4.60. The van der Waals surface area contributed by atoms with Gasteiger partial charge in [-0.3, -0.25) is 0 Å². The molecular weight excluding hydrogens is 514 g/mol. The van der Waals surface area contributed by atoms with Crippen molar-refractivity contribution in [3.8, 4) is 11.1 Å². The van der Waals surface area contributed by atoms with Crippen molar-refractivity contribution in [2.24, 2.45) is 0 Å². The topological polar surface area (TPSA) is 87.3 Å². The van der Waals surface area contributed by atoms with Crippen molar-refractivity contribution in [1.29, 1.82) is 0 Å². The Labute approximate surface area is 204 Å². The second-order valence-corrected chi connectivity index (χ2v) is 9.72. The van der Waals surface area contributed by atoms with Gasteiger partial charge >= 0.3 is 12.2 Å². The molecule has 0 unspecified atom stereocenters. The minimum absolute atomic E-state index is 0.00109. The summed E-state index contributed by atoms with van der Waals surface area (Å²) < 4.78 is 65.9. The van der Waals surface area contributed by atoms with Crippen LogP contribution in [0.25, 0.3) is 11.1 Å². The first-order valence-corrected chi connectivity index (χ1v) is 11.9. The zero-order valence-electron chi connectivity index (χ0n) is 17.5. The van der Waals surface area contributed by atoms with E-state index in [-0.39, 0.29) is 38.3 Å². The summed E-state index contributed by atoms with van der Waals surface area (Å²) in [6.45, 7) is 0.0875. The van der Waals surface area contributed by atoms with E-state index in [1.807, 2.05) is 0 Å². The first kappa shape index (κ1) is 25.8. The van der Waals surface area contributed by atoms with E-state index in [9.17, 15) is 26.4 Å². The molecule has 0 heterocycles. The van der Waals surface area contributed by atoms with Crippen molar-refractivity contribution < 1.29 is 26.4 Å². The molecule has 0 saturated carbocycles. The highest BCUT2D eigenvalue weighted by molar-refractivity contribution is 7.89. The predicted molar refractivity (Wildman–Crippen MR) is 125 cm³/mol. The summed E-state index contributed by atoms with van der Waals surface area (Å²) in [5.74, 6) is 0. The molecule has 0 atom stereocenters. The second-order valence-electron chi connectivity index (χ2n) is 7.02. The molecule has 6 nitrogen and oxygen atoms in total. The van der Waals surface area contributed by atoms with E-state index >= 15 is 0 Å². The van der Waals surface area contributed by atoms with Gasteiger partial charge in [-0.1, -0.05) is 53.5 Å². The number of carbonyl (C=O) groups is 1. The number of nitrogens with one attached hydrogen (secondary N) is 3. The molecule has 0 saturated heterocycles. The van der Waals surface area contributed by atoms with Gasteiger partial charge in [-0.25, -0.2) is 17.9 Å². The van der Waals surface area contributed by atoms with Gasteiger partial charge in [-0.15, -0.1) is 0 Å². The van der Waals surface area contributed by atoms with Gasteiger partial charge in [0.2, 0.25) is 10.0 Å². The van der Waals surface area contributed by atoms with Crippen molar-refractivity contribution in [3.63, 3.8) is 0 Å². The molecule has 3 aromatic rings. The average molecular weight is 532 g/mol. The van der Waals surface area contributed by atoms with Gasteiger partial charge in [0, 0.05) is 17.8 Å². The fourth-order valence-corrected chi connectivity index (χ4v) is 4.53. The van der Waals surface area contributed by atoms with Gasteiger partial charge in [0.05, 0.1) is 20.5 Å². The van der Waals surface area contributed by atoms with E-state index in [0.29, 0.717) is 5.56 Å². The Morgan fingerprint density at radius 2 is 1.56 bits per heavy atom. The summed E-state index contributed by atoms with van der Waals surface area (Å²) in [5, 5.41) is 4.96. The number of hydrogen-bond donors (Lipinski definition) is 3. The number of benzene rings is 3. The zero-order valence-corrected chi connectivity index (χ0v) is 19.8. The van der Waals surface area contributed by atoms with Crippen LogP contribution < -0.4 is 15.4 Å². The summed E-state index contributed by atoms with van der Waals surface area (Å²) in [4.78, 5) is 12.3. The molecule has 0 aliphatic carbocycles. The number of amides is 2. The highest BCUT2D eigenvalue weighted by Crippen LogP contribution is 2.43. The molecule has 0 aliphatic rings. The maximum atomic E-state index is 13.4. The Morgan fingerprint density at radius 1 is 0.971 bits per heavy atom. The van der Waals surface area contributed by atoms with Crippen LogP contribution in [0.4, 0.5) is 23.7 Å². The Morgan fingerprint density at radius 3 is 2.12 bits per heavy atom. The molecule has 12 heteroatoms. The number of carbonyl (C=O) groups excluding carboxylic acids is 1. The number of sulfonamides is 1. The quantitative estimate of drug-likeness (QED) is 0.369. The van der Waals surface area contributed by atoms with Crippen LogP contribution in [0.5, 0.6) is 0 Å². The van der Waals surface area contributed by atoms with Crippen molar-refractivity contribution in [2.45, 2.75) is 17.6 Å². The molecule has 3 rings (SSSR count). The number of anilines is 1. The van der Waals surface area contributed by atoms with E-state index in [0.717, 1.165) is 6.07 Å². The number of halogens is 5.